The first kappa shape index (κ1) is 20.6. The summed E-state index contributed by atoms with van der Waals surface area (Å²) in [6, 6.07) is 9.97. The summed E-state index contributed by atoms with van der Waals surface area (Å²) in [5.74, 6) is -1.90. The van der Waals surface area contributed by atoms with E-state index in [4.69, 9.17) is 4.74 Å². The summed E-state index contributed by atoms with van der Waals surface area (Å²) in [4.78, 5) is 35.5. The van der Waals surface area contributed by atoms with Gasteiger partial charge in [-0.2, -0.15) is 0 Å². The highest BCUT2D eigenvalue weighted by molar-refractivity contribution is 7.93. The highest BCUT2D eigenvalue weighted by Crippen LogP contribution is 2.41. The topological polar surface area (TPSA) is 122 Å². The molecule has 0 fully saturated rings. The van der Waals surface area contributed by atoms with E-state index in [2.05, 4.69) is 10.6 Å². The van der Waals surface area contributed by atoms with E-state index in [1.54, 1.807) is 44.2 Å². The number of esters is 1. The molecule has 2 aromatic rings. The Morgan fingerprint density at radius 1 is 1.07 bits per heavy atom. The van der Waals surface area contributed by atoms with E-state index >= 15 is 0 Å². The average Bonchev–Trinajstić information content (AvgIpc) is 2.87. The lowest BCUT2D eigenvalue weighted by atomic mass is 10.1. The first-order chi connectivity index (χ1) is 13.7. The number of nitrogens with zero attached hydrogens (tertiary/aromatic N) is 1. The fourth-order valence-electron chi connectivity index (χ4n) is 3.04. The summed E-state index contributed by atoms with van der Waals surface area (Å²) >= 11 is 0. The number of hydrogen-bond donors (Lipinski definition) is 2. The third kappa shape index (κ3) is 4.32. The summed E-state index contributed by atoms with van der Waals surface area (Å²) in [7, 11) is -3.89. The molecule has 2 amide bonds. The Labute approximate surface area is 168 Å². The van der Waals surface area contributed by atoms with E-state index in [-0.39, 0.29) is 23.4 Å². The van der Waals surface area contributed by atoms with Crippen LogP contribution >= 0.6 is 0 Å². The van der Waals surface area contributed by atoms with Crippen LogP contribution in [-0.4, -0.2) is 51.9 Å². The number of anilines is 1. The fraction of sp³-hybridized carbons (Fsp3) is 0.316. The maximum atomic E-state index is 12.8. The summed E-state index contributed by atoms with van der Waals surface area (Å²) in [5.41, 5.74) is 0.393. The van der Waals surface area contributed by atoms with Gasteiger partial charge in [-0.3, -0.25) is 18.7 Å². The Bertz CT molecular complexity index is 1080. The van der Waals surface area contributed by atoms with Crippen LogP contribution in [0.15, 0.2) is 41.3 Å². The lowest BCUT2D eigenvalue weighted by molar-refractivity contribution is -0.147. The Hall–Kier alpha value is -3.14. The summed E-state index contributed by atoms with van der Waals surface area (Å²) < 4.78 is 31.4. The molecule has 154 valence electrons. The van der Waals surface area contributed by atoms with Crippen molar-refractivity contribution in [1.82, 2.24) is 10.6 Å². The lowest BCUT2D eigenvalue weighted by Gasteiger charge is -2.17. The smallest absolute Gasteiger partial charge is 0.327 e. The molecule has 0 saturated carbocycles. The van der Waals surface area contributed by atoms with Gasteiger partial charge in [0.1, 0.15) is 6.54 Å². The van der Waals surface area contributed by atoms with Gasteiger partial charge < -0.3 is 15.4 Å². The van der Waals surface area contributed by atoms with Crippen LogP contribution in [0.25, 0.3) is 10.8 Å². The molecule has 0 atom stereocenters. The molecule has 2 N–H and O–H groups in total. The van der Waals surface area contributed by atoms with Gasteiger partial charge >= 0.3 is 5.97 Å². The zero-order chi connectivity index (χ0) is 21.2. The summed E-state index contributed by atoms with van der Waals surface area (Å²) in [5, 5.41) is 6.23. The monoisotopic (exact) mass is 419 g/mol. The molecule has 0 spiro atoms. The highest BCUT2D eigenvalue weighted by Gasteiger charge is 2.37. The SMILES string of the molecule is CC(C)NC(=O)CNC(=O)COC(=O)CN1c2cccc3cccc(c23)S1(=O)=O. The first-order valence-electron chi connectivity index (χ1n) is 8.96. The maximum Gasteiger partial charge on any atom is 0.327 e. The summed E-state index contributed by atoms with van der Waals surface area (Å²) in [6.45, 7) is 2.15. The van der Waals surface area contributed by atoms with Gasteiger partial charge in [0.05, 0.1) is 17.1 Å². The average molecular weight is 419 g/mol. The number of nitrogens with one attached hydrogen (secondary N) is 2. The molecular weight excluding hydrogens is 398 g/mol. The van der Waals surface area contributed by atoms with Crippen molar-refractivity contribution < 1.29 is 27.5 Å². The molecule has 1 aliphatic rings. The summed E-state index contributed by atoms with van der Waals surface area (Å²) in [6.07, 6.45) is 0. The van der Waals surface area contributed by atoms with Gasteiger partial charge in [-0.1, -0.05) is 24.3 Å². The van der Waals surface area contributed by atoms with Crippen molar-refractivity contribution in [3.8, 4) is 0 Å². The van der Waals surface area contributed by atoms with Crippen LogP contribution in [0.2, 0.25) is 0 Å². The number of carbonyl (C=O) groups is 3. The molecule has 10 heteroatoms. The molecule has 0 radical (unpaired) electrons. The Morgan fingerprint density at radius 3 is 2.45 bits per heavy atom. The molecule has 0 unspecified atom stereocenters. The lowest BCUT2D eigenvalue weighted by Crippen LogP contribution is -2.41. The van der Waals surface area contributed by atoms with Crippen molar-refractivity contribution in [3.05, 3.63) is 36.4 Å². The van der Waals surface area contributed by atoms with Crippen LogP contribution < -0.4 is 14.9 Å². The molecule has 0 bridgehead atoms. The van der Waals surface area contributed by atoms with Crippen molar-refractivity contribution in [1.29, 1.82) is 0 Å². The normalized spacial score (nSPS) is 14.1. The van der Waals surface area contributed by atoms with E-state index in [1.807, 2.05) is 0 Å². The first-order valence-corrected chi connectivity index (χ1v) is 10.4. The molecule has 0 aromatic heterocycles. The molecule has 1 aliphatic heterocycles. The Morgan fingerprint density at radius 2 is 1.76 bits per heavy atom. The largest absolute Gasteiger partial charge is 0.454 e. The van der Waals surface area contributed by atoms with Gasteiger partial charge in [0.25, 0.3) is 15.9 Å². The highest BCUT2D eigenvalue weighted by atomic mass is 32.2. The van der Waals surface area contributed by atoms with Gasteiger partial charge in [0.15, 0.2) is 6.61 Å². The quantitative estimate of drug-likeness (QED) is 0.632. The minimum Gasteiger partial charge on any atom is -0.454 e. The van der Waals surface area contributed by atoms with E-state index in [0.29, 0.717) is 11.1 Å². The zero-order valence-electron chi connectivity index (χ0n) is 16.0. The Kier molecular flexibility index (Phi) is 5.73. The molecule has 0 saturated heterocycles. The second kappa shape index (κ2) is 8.08. The minimum absolute atomic E-state index is 0.0618. The number of ether oxygens (including phenoxy) is 1. The standard InChI is InChI=1S/C19H21N3O6S/c1-12(2)21-16(23)9-20-17(24)11-28-18(25)10-22-14-7-3-5-13-6-4-8-15(19(13)14)29(22,26)27/h3-8,12H,9-11H2,1-2H3,(H,20,24)(H,21,23). The number of amides is 2. The van der Waals surface area contributed by atoms with E-state index in [9.17, 15) is 22.8 Å². The predicted molar refractivity (Wildman–Crippen MR) is 106 cm³/mol. The van der Waals surface area contributed by atoms with Crippen molar-refractivity contribution in [2.75, 3.05) is 24.0 Å². The van der Waals surface area contributed by atoms with Gasteiger partial charge in [-0.25, -0.2) is 8.42 Å². The van der Waals surface area contributed by atoms with Crippen molar-refractivity contribution >= 4 is 44.3 Å². The van der Waals surface area contributed by atoms with Crippen LogP contribution in [0.4, 0.5) is 5.69 Å². The van der Waals surface area contributed by atoms with Crippen LogP contribution in [-0.2, 0) is 29.1 Å². The van der Waals surface area contributed by atoms with E-state index in [1.165, 1.54) is 6.07 Å². The number of hydrogen-bond acceptors (Lipinski definition) is 6. The molecule has 29 heavy (non-hydrogen) atoms. The van der Waals surface area contributed by atoms with E-state index in [0.717, 1.165) is 9.69 Å². The van der Waals surface area contributed by atoms with E-state index < -0.39 is 35.1 Å². The number of rotatable bonds is 7. The minimum atomic E-state index is -3.89. The molecule has 0 aliphatic carbocycles. The van der Waals surface area contributed by atoms with Crippen molar-refractivity contribution in [2.24, 2.45) is 0 Å². The fourth-order valence-corrected chi connectivity index (χ4v) is 4.70. The third-order valence-electron chi connectivity index (χ3n) is 4.21. The van der Waals surface area contributed by atoms with Crippen molar-refractivity contribution in [2.45, 2.75) is 24.8 Å². The van der Waals surface area contributed by atoms with Crippen LogP contribution in [0.5, 0.6) is 0 Å². The van der Waals surface area contributed by atoms with Crippen LogP contribution in [0, 0.1) is 0 Å². The molecule has 9 nitrogen and oxygen atoms in total. The second-order valence-electron chi connectivity index (χ2n) is 6.80. The Balaban J connectivity index is 1.60. The number of sulfonamides is 1. The second-order valence-corrected chi connectivity index (χ2v) is 8.63. The molecule has 1 heterocycles. The van der Waals surface area contributed by atoms with Gasteiger partial charge in [0, 0.05) is 11.4 Å². The van der Waals surface area contributed by atoms with Gasteiger partial charge in [0.2, 0.25) is 5.91 Å². The van der Waals surface area contributed by atoms with Gasteiger partial charge in [-0.05, 0) is 31.4 Å². The van der Waals surface area contributed by atoms with Crippen LogP contribution in [0.3, 0.4) is 0 Å². The third-order valence-corrected chi connectivity index (χ3v) is 6.02. The molecule has 2 aromatic carbocycles. The zero-order valence-corrected chi connectivity index (χ0v) is 16.8. The molecule has 3 rings (SSSR count). The van der Waals surface area contributed by atoms with Gasteiger partial charge in [-0.15, -0.1) is 0 Å². The maximum absolute atomic E-state index is 12.8. The van der Waals surface area contributed by atoms with Crippen LogP contribution in [0.1, 0.15) is 13.8 Å². The molecular formula is C19H21N3O6S. The van der Waals surface area contributed by atoms with Crippen molar-refractivity contribution in [3.63, 3.8) is 0 Å². The predicted octanol–water partition coefficient (Wildman–Crippen LogP) is 0.533. The number of carbonyl (C=O) groups excluding carboxylic acids is 3. The number of benzene rings is 2.